The highest BCUT2D eigenvalue weighted by Gasteiger charge is 2.01. The van der Waals surface area contributed by atoms with Crippen molar-refractivity contribution in [2.24, 2.45) is 0 Å². The van der Waals surface area contributed by atoms with E-state index in [1.165, 1.54) is 0 Å². The topological polar surface area (TPSA) is 24.1 Å². The Labute approximate surface area is 98.6 Å². The average Bonchev–Trinajstić information content (AvgIpc) is 2.16. The predicted molar refractivity (Wildman–Crippen MR) is 65.0 cm³/mol. The van der Waals surface area contributed by atoms with Crippen molar-refractivity contribution < 1.29 is 0 Å². The van der Waals surface area contributed by atoms with Crippen molar-refractivity contribution in [3.63, 3.8) is 0 Å². The van der Waals surface area contributed by atoms with E-state index in [1.54, 1.807) is 19.2 Å². The Morgan fingerprint density at radius 1 is 1.43 bits per heavy atom. The second-order valence-electron chi connectivity index (χ2n) is 2.67. The van der Waals surface area contributed by atoms with Crippen LogP contribution in [0.2, 0.25) is 10.0 Å². The molecule has 0 saturated carbocycles. The number of nitrogens with one attached hydrogen (secondary N) is 2. The van der Waals surface area contributed by atoms with Gasteiger partial charge in [-0.3, -0.25) is 0 Å². The minimum absolute atomic E-state index is 0.593. The summed E-state index contributed by atoms with van der Waals surface area (Å²) in [6.07, 6.45) is 0. The van der Waals surface area contributed by atoms with Gasteiger partial charge in [0.15, 0.2) is 5.11 Å². The van der Waals surface area contributed by atoms with Gasteiger partial charge < -0.3 is 10.6 Å². The van der Waals surface area contributed by atoms with Crippen molar-refractivity contribution >= 4 is 40.5 Å². The van der Waals surface area contributed by atoms with Gasteiger partial charge in [0.2, 0.25) is 0 Å². The number of thiocarbonyl (C=S) groups is 1. The quantitative estimate of drug-likeness (QED) is 0.788. The van der Waals surface area contributed by atoms with Crippen LogP contribution in [0.5, 0.6) is 0 Å². The Kier molecular flexibility index (Phi) is 4.45. The summed E-state index contributed by atoms with van der Waals surface area (Å²) < 4.78 is 0. The molecule has 14 heavy (non-hydrogen) atoms. The molecular formula is C9H10Cl2N2S. The van der Waals surface area contributed by atoms with E-state index in [-0.39, 0.29) is 0 Å². The molecule has 1 aromatic rings. The fourth-order valence-electron chi connectivity index (χ4n) is 0.929. The van der Waals surface area contributed by atoms with Crippen LogP contribution in [-0.2, 0) is 6.54 Å². The van der Waals surface area contributed by atoms with Crippen LogP contribution in [0.15, 0.2) is 18.2 Å². The second-order valence-corrected chi connectivity index (χ2v) is 3.92. The molecule has 0 amide bonds. The first-order valence-electron chi connectivity index (χ1n) is 4.03. The van der Waals surface area contributed by atoms with Gasteiger partial charge in [0.05, 0.1) is 0 Å². The highest BCUT2D eigenvalue weighted by molar-refractivity contribution is 7.80. The standard InChI is InChI=1S/C9H10Cl2N2S/c1-12-9(14)13-5-6-2-3-7(10)4-8(6)11/h2-4H,5H2,1H3,(H2,12,13,14). The largest absolute Gasteiger partial charge is 0.366 e. The Morgan fingerprint density at radius 2 is 2.14 bits per heavy atom. The highest BCUT2D eigenvalue weighted by Crippen LogP contribution is 2.20. The molecule has 0 spiro atoms. The summed E-state index contributed by atoms with van der Waals surface area (Å²) in [4.78, 5) is 0. The van der Waals surface area contributed by atoms with E-state index in [0.29, 0.717) is 21.7 Å². The van der Waals surface area contributed by atoms with E-state index in [9.17, 15) is 0 Å². The zero-order valence-electron chi connectivity index (χ0n) is 7.60. The van der Waals surface area contributed by atoms with Crippen molar-refractivity contribution in [3.8, 4) is 0 Å². The summed E-state index contributed by atoms with van der Waals surface area (Å²) in [6.45, 7) is 0.593. The van der Waals surface area contributed by atoms with Gasteiger partial charge >= 0.3 is 0 Å². The molecule has 2 N–H and O–H groups in total. The first-order valence-corrected chi connectivity index (χ1v) is 5.19. The maximum absolute atomic E-state index is 5.97. The van der Waals surface area contributed by atoms with E-state index in [0.717, 1.165) is 5.56 Å². The van der Waals surface area contributed by atoms with Crippen molar-refractivity contribution in [1.82, 2.24) is 10.6 Å². The molecule has 0 bridgehead atoms. The van der Waals surface area contributed by atoms with E-state index in [4.69, 9.17) is 35.4 Å². The SMILES string of the molecule is CNC(=S)NCc1ccc(Cl)cc1Cl. The first-order chi connectivity index (χ1) is 6.63. The van der Waals surface area contributed by atoms with Crippen LogP contribution in [0.25, 0.3) is 0 Å². The number of benzene rings is 1. The van der Waals surface area contributed by atoms with Gasteiger partial charge in [0, 0.05) is 23.6 Å². The van der Waals surface area contributed by atoms with Gasteiger partial charge in [0.25, 0.3) is 0 Å². The van der Waals surface area contributed by atoms with Crippen LogP contribution in [-0.4, -0.2) is 12.2 Å². The summed E-state index contributed by atoms with van der Waals surface area (Å²) in [5.41, 5.74) is 0.966. The van der Waals surface area contributed by atoms with Crippen LogP contribution in [0, 0.1) is 0 Å². The molecule has 0 saturated heterocycles. The number of hydrogen-bond acceptors (Lipinski definition) is 1. The number of rotatable bonds is 2. The van der Waals surface area contributed by atoms with Gasteiger partial charge in [-0.15, -0.1) is 0 Å². The Hall–Kier alpha value is -0.510. The lowest BCUT2D eigenvalue weighted by molar-refractivity contribution is 0.891. The third kappa shape index (κ3) is 3.33. The lowest BCUT2D eigenvalue weighted by Crippen LogP contribution is -2.31. The Bertz CT molecular complexity index is 342. The molecule has 0 aliphatic heterocycles. The maximum atomic E-state index is 5.97. The van der Waals surface area contributed by atoms with Crippen LogP contribution < -0.4 is 10.6 Å². The smallest absolute Gasteiger partial charge is 0.166 e. The minimum atomic E-state index is 0.593. The third-order valence-electron chi connectivity index (χ3n) is 1.68. The van der Waals surface area contributed by atoms with Crippen molar-refractivity contribution in [1.29, 1.82) is 0 Å². The Balaban J connectivity index is 2.63. The summed E-state index contributed by atoms with van der Waals surface area (Å²) in [5.74, 6) is 0. The summed E-state index contributed by atoms with van der Waals surface area (Å²) in [6, 6.07) is 5.38. The van der Waals surface area contributed by atoms with Crippen LogP contribution in [0.4, 0.5) is 0 Å². The number of halogens is 2. The van der Waals surface area contributed by atoms with E-state index in [1.807, 2.05) is 6.07 Å². The molecule has 0 unspecified atom stereocenters. The first kappa shape index (κ1) is 11.6. The normalized spacial score (nSPS) is 9.64. The van der Waals surface area contributed by atoms with E-state index < -0.39 is 0 Å². The molecule has 0 fully saturated rings. The fourth-order valence-corrected chi connectivity index (χ4v) is 1.48. The molecule has 1 rings (SSSR count). The van der Waals surface area contributed by atoms with Gasteiger partial charge in [-0.05, 0) is 29.9 Å². The molecule has 5 heteroatoms. The van der Waals surface area contributed by atoms with Crippen LogP contribution in [0.1, 0.15) is 5.56 Å². The van der Waals surface area contributed by atoms with Crippen molar-refractivity contribution in [2.45, 2.75) is 6.54 Å². The van der Waals surface area contributed by atoms with Crippen molar-refractivity contribution in [2.75, 3.05) is 7.05 Å². The van der Waals surface area contributed by atoms with E-state index in [2.05, 4.69) is 10.6 Å². The van der Waals surface area contributed by atoms with Gasteiger partial charge in [-0.2, -0.15) is 0 Å². The monoisotopic (exact) mass is 248 g/mol. The third-order valence-corrected chi connectivity index (χ3v) is 2.62. The van der Waals surface area contributed by atoms with Crippen LogP contribution in [0.3, 0.4) is 0 Å². The zero-order valence-corrected chi connectivity index (χ0v) is 9.93. The maximum Gasteiger partial charge on any atom is 0.166 e. The number of hydrogen-bond donors (Lipinski definition) is 2. The predicted octanol–water partition coefficient (Wildman–Crippen LogP) is 2.59. The molecule has 76 valence electrons. The Morgan fingerprint density at radius 3 is 2.71 bits per heavy atom. The average molecular weight is 249 g/mol. The lowest BCUT2D eigenvalue weighted by Gasteiger charge is -2.08. The minimum Gasteiger partial charge on any atom is -0.366 e. The highest BCUT2D eigenvalue weighted by atomic mass is 35.5. The van der Waals surface area contributed by atoms with Gasteiger partial charge in [0.1, 0.15) is 0 Å². The molecule has 0 aliphatic rings. The van der Waals surface area contributed by atoms with Gasteiger partial charge in [-0.25, -0.2) is 0 Å². The molecule has 1 aromatic carbocycles. The molecule has 0 aliphatic carbocycles. The lowest BCUT2D eigenvalue weighted by atomic mass is 10.2. The molecule has 0 radical (unpaired) electrons. The van der Waals surface area contributed by atoms with Crippen LogP contribution >= 0.6 is 35.4 Å². The molecule has 0 heterocycles. The molecular weight excluding hydrogens is 239 g/mol. The summed E-state index contributed by atoms with van der Waals surface area (Å²) >= 11 is 16.7. The molecule has 0 aromatic heterocycles. The summed E-state index contributed by atoms with van der Waals surface area (Å²) in [7, 11) is 1.76. The molecule has 0 atom stereocenters. The second kappa shape index (κ2) is 5.39. The fraction of sp³-hybridized carbons (Fsp3) is 0.222. The summed E-state index contributed by atoms with van der Waals surface area (Å²) in [5, 5.41) is 7.69. The van der Waals surface area contributed by atoms with Crippen molar-refractivity contribution in [3.05, 3.63) is 33.8 Å². The van der Waals surface area contributed by atoms with E-state index >= 15 is 0 Å². The zero-order chi connectivity index (χ0) is 10.6. The van der Waals surface area contributed by atoms with Gasteiger partial charge in [-0.1, -0.05) is 29.3 Å². The molecule has 2 nitrogen and oxygen atoms in total.